The molecule has 2 aromatic carbocycles. The number of allylic oxidation sites excluding steroid dienone is 1. The van der Waals surface area contributed by atoms with E-state index in [4.69, 9.17) is 11.6 Å². The Hall–Kier alpha value is -2.22. The minimum absolute atomic E-state index is 0.242. The van der Waals surface area contributed by atoms with Crippen molar-refractivity contribution < 1.29 is 8.42 Å². The number of rotatable bonds is 4. The lowest BCUT2D eigenvalue weighted by atomic mass is 10.2. The molecule has 124 valence electrons. The molecule has 0 saturated carbocycles. The molecule has 0 heterocycles. The van der Waals surface area contributed by atoms with Gasteiger partial charge < -0.3 is 0 Å². The van der Waals surface area contributed by atoms with Crippen LogP contribution in [0.15, 0.2) is 59.5 Å². The van der Waals surface area contributed by atoms with Crippen LogP contribution in [0.5, 0.6) is 0 Å². The second kappa shape index (κ2) is 8.05. The summed E-state index contributed by atoms with van der Waals surface area (Å²) >= 11 is 5.83. The molecule has 0 radical (unpaired) electrons. The molecule has 24 heavy (non-hydrogen) atoms. The molecule has 5 heteroatoms. The van der Waals surface area contributed by atoms with Crippen LogP contribution in [-0.2, 0) is 10.0 Å². The average molecular weight is 360 g/mol. The van der Waals surface area contributed by atoms with Crippen LogP contribution in [0.3, 0.4) is 0 Å². The summed E-state index contributed by atoms with van der Waals surface area (Å²) in [7, 11) is -3.61. The van der Waals surface area contributed by atoms with E-state index in [0.717, 1.165) is 15.4 Å². The lowest BCUT2D eigenvalue weighted by Crippen LogP contribution is -2.26. The Balaban J connectivity index is 2.17. The van der Waals surface area contributed by atoms with Crippen molar-refractivity contribution in [2.24, 2.45) is 0 Å². The Kier molecular flexibility index (Phi) is 6.08. The van der Waals surface area contributed by atoms with Crippen LogP contribution < -0.4 is 0 Å². The fourth-order valence-corrected chi connectivity index (χ4v) is 3.34. The molecule has 0 aromatic heterocycles. The zero-order valence-electron chi connectivity index (χ0n) is 13.5. The molecule has 0 N–H and O–H groups in total. The van der Waals surface area contributed by atoms with Gasteiger partial charge in [-0.15, -0.1) is 0 Å². The molecule has 2 aromatic rings. The monoisotopic (exact) mass is 359 g/mol. The Labute approximate surface area is 148 Å². The van der Waals surface area contributed by atoms with Crippen LogP contribution in [0.25, 0.3) is 6.08 Å². The fraction of sp³-hybridized carbons (Fsp3) is 0.158. The number of aryl methyl sites for hydroxylation is 1. The molecule has 0 aliphatic heterocycles. The van der Waals surface area contributed by atoms with E-state index in [2.05, 4.69) is 12.0 Å². The minimum Gasteiger partial charge on any atom is -0.224 e. The molecule has 0 saturated heterocycles. The predicted molar refractivity (Wildman–Crippen MR) is 99.0 cm³/mol. The van der Waals surface area contributed by atoms with Gasteiger partial charge in [-0.25, -0.2) is 12.7 Å². The Morgan fingerprint density at radius 2 is 1.71 bits per heavy atom. The van der Waals surface area contributed by atoms with Crippen LogP contribution in [-0.4, -0.2) is 19.3 Å². The van der Waals surface area contributed by atoms with Crippen LogP contribution in [0, 0.1) is 18.9 Å². The molecule has 0 aliphatic carbocycles. The first-order valence-electron chi connectivity index (χ1n) is 7.46. The number of hydrogen-bond donors (Lipinski definition) is 0. The maximum atomic E-state index is 12.6. The van der Waals surface area contributed by atoms with Gasteiger partial charge in [-0.2, -0.15) is 0 Å². The summed E-state index contributed by atoms with van der Waals surface area (Å²) in [6.45, 7) is 3.94. The fourth-order valence-electron chi connectivity index (χ4n) is 1.97. The standard InChI is InChI=1S/C19H18ClNO2S/c1-3-21(24(22,23)19-13-7-16(2)8-14-19)15-5-4-6-17-9-11-18(20)12-10-17/h4,6-14H,3H2,1-2H3/b6-4+. The van der Waals surface area contributed by atoms with Gasteiger partial charge in [0, 0.05) is 17.6 Å². The molecule has 0 spiro atoms. The van der Waals surface area contributed by atoms with Gasteiger partial charge in [-0.05, 0) is 55.8 Å². The molecule has 0 amide bonds. The SMILES string of the molecule is CCN(C#C/C=C/c1ccc(Cl)cc1)S(=O)(=O)c1ccc(C)cc1. The van der Waals surface area contributed by atoms with Gasteiger partial charge in [0.1, 0.15) is 0 Å². The molecule has 0 fully saturated rings. The molecular weight excluding hydrogens is 342 g/mol. The third-order valence-electron chi connectivity index (χ3n) is 3.31. The van der Waals surface area contributed by atoms with Crippen molar-refractivity contribution in [2.45, 2.75) is 18.7 Å². The summed E-state index contributed by atoms with van der Waals surface area (Å²) in [5.41, 5.74) is 1.95. The van der Waals surface area contributed by atoms with Gasteiger partial charge in [0.15, 0.2) is 0 Å². The summed E-state index contributed by atoms with van der Waals surface area (Å²) in [6, 6.07) is 16.7. The third-order valence-corrected chi connectivity index (χ3v) is 5.36. The lowest BCUT2D eigenvalue weighted by Gasteiger charge is -2.15. The molecule has 2 rings (SSSR count). The minimum atomic E-state index is -3.61. The lowest BCUT2D eigenvalue weighted by molar-refractivity contribution is 0.523. The van der Waals surface area contributed by atoms with Crippen molar-refractivity contribution >= 4 is 27.7 Å². The second-order valence-electron chi connectivity index (χ2n) is 5.12. The summed E-state index contributed by atoms with van der Waals surface area (Å²) in [4.78, 5) is 0.242. The van der Waals surface area contributed by atoms with Gasteiger partial charge in [0.05, 0.1) is 4.90 Å². The number of nitrogens with zero attached hydrogens (tertiary/aromatic N) is 1. The van der Waals surface area contributed by atoms with E-state index in [1.54, 1.807) is 55.5 Å². The van der Waals surface area contributed by atoms with Crippen molar-refractivity contribution in [3.05, 3.63) is 70.8 Å². The third kappa shape index (κ3) is 4.64. The van der Waals surface area contributed by atoms with Crippen molar-refractivity contribution in [1.82, 2.24) is 4.31 Å². The van der Waals surface area contributed by atoms with E-state index in [1.165, 1.54) is 0 Å². The quantitative estimate of drug-likeness (QED) is 0.601. The number of benzene rings is 2. The van der Waals surface area contributed by atoms with E-state index in [1.807, 2.05) is 19.1 Å². The molecule has 3 nitrogen and oxygen atoms in total. The Morgan fingerprint density at radius 3 is 2.29 bits per heavy atom. The van der Waals surface area contributed by atoms with E-state index in [9.17, 15) is 8.42 Å². The zero-order chi connectivity index (χ0) is 17.6. The number of hydrogen-bond acceptors (Lipinski definition) is 2. The van der Waals surface area contributed by atoms with Crippen molar-refractivity contribution in [3.8, 4) is 12.0 Å². The number of halogens is 1. The molecule has 0 unspecified atom stereocenters. The highest BCUT2D eigenvalue weighted by molar-refractivity contribution is 7.89. The van der Waals surface area contributed by atoms with Gasteiger partial charge >= 0.3 is 0 Å². The molecule has 0 bridgehead atoms. The largest absolute Gasteiger partial charge is 0.270 e. The van der Waals surface area contributed by atoms with Gasteiger partial charge in [-0.3, -0.25) is 0 Å². The van der Waals surface area contributed by atoms with Crippen LogP contribution in [0.1, 0.15) is 18.1 Å². The average Bonchev–Trinajstić information content (AvgIpc) is 2.56. The summed E-state index contributed by atoms with van der Waals surface area (Å²) in [5, 5.41) is 0.666. The Morgan fingerprint density at radius 1 is 1.08 bits per heavy atom. The first-order chi connectivity index (χ1) is 11.4. The molecular formula is C19H18ClNO2S. The van der Waals surface area contributed by atoms with Crippen LogP contribution in [0.4, 0.5) is 0 Å². The maximum Gasteiger partial charge on any atom is 0.270 e. The van der Waals surface area contributed by atoms with E-state index >= 15 is 0 Å². The first-order valence-corrected chi connectivity index (χ1v) is 9.28. The first kappa shape index (κ1) is 18.1. The molecule has 0 aliphatic rings. The normalized spacial score (nSPS) is 11.1. The zero-order valence-corrected chi connectivity index (χ0v) is 15.1. The topological polar surface area (TPSA) is 37.4 Å². The van der Waals surface area contributed by atoms with Crippen LogP contribution >= 0.6 is 11.6 Å². The highest BCUT2D eigenvalue weighted by Crippen LogP contribution is 2.15. The van der Waals surface area contributed by atoms with Crippen molar-refractivity contribution in [3.63, 3.8) is 0 Å². The van der Waals surface area contributed by atoms with Crippen LogP contribution in [0.2, 0.25) is 5.02 Å². The van der Waals surface area contributed by atoms with Crippen molar-refractivity contribution in [1.29, 1.82) is 0 Å². The smallest absolute Gasteiger partial charge is 0.224 e. The summed E-state index contributed by atoms with van der Waals surface area (Å²) in [6.07, 6.45) is 3.42. The van der Waals surface area contributed by atoms with Gasteiger partial charge in [0.25, 0.3) is 10.0 Å². The highest BCUT2D eigenvalue weighted by atomic mass is 35.5. The summed E-state index contributed by atoms with van der Waals surface area (Å²) in [5.74, 6) is 2.77. The molecule has 0 atom stereocenters. The van der Waals surface area contributed by atoms with Gasteiger partial charge in [0.2, 0.25) is 0 Å². The van der Waals surface area contributed by atoms with E-state index < -0.39 is 10.0 Å². The van der Waals surface area contributed by atoms with Crippen molar-refractivity contribution in [2.75, 3.05) is 6.54 Å². The highest BCUT2D eigenvalue weighted by Gasteiger charge is 2.20. The van der Waals surface area contributed by atoms with Gasteiger partial charge in [-0.1, -0.05) is 47.4 Å². The Bertz CT molecular complexity index is 874. The number of sulfonamides is 1. The second-order valence-corrected chi connectivity index (χ2v) is 7.42. The van der Waals surface area contributed by atoms with E-state index in [0.29, 0.717) is 5.02 Å². The summed E-state index contributed by atoms with van der Waals surface area (Å²) < 4.78 is 26.3. The predicted octanol–water partition coefficient (Wildman–Crippen LogP) is 4.33. The van der Waals surface area contributed by atoms with E-state index in [-0.39, 0.29) is 11.4 Å². The maximum absolute atomic E-state index is 12.6.